The van der Waals surface area contributed by atoms with Gasteiger partial charge in [0.05, 0.1) is 0 Å². The fourth-order valence-electron chi connectivity index (χ4n) is 2.23. The first kappa shape index (κ1) is 14.6. The molecular formula is C15H13IrN4-. The van der Waals surface area contributed by atoms with E-state index in [0.717, 1.165) is 16.9 Å². The van der Waals surface area contributed by atoms with Crippen LogP contribution in [0.1, 0.15) is 11.1 Å². The van der Waals surface area contributed by atoms with Crippen molar-refractivity contribution in [2.24, 2.45) is 0 Å². The molecule has 1 aromatic carbocycles. The van der Waals surface area contributed by atoms with Crippen LogP contribution in [-0.4, -0.2) is 19.7 Å². The Kier molecular flexibility index (Phi) is 4.42. The summed E-state index contributed by atoms with van der Waals surface area (Å²) >= 11 is 0. The van der Waals surface area contributed by atoms with Crippen LogP contribution in [0.3, 0.4) is 0 Å². The van der Waals surface area contributed by atoms with Crippen LogP contribution in [-0.2, 0) is 20.1 Å². The monoisotopic (exact) mass is 442 g/mol. The Morgan fingerprint density at radius 1 is 1.15 bits per heavy atom. The van der Waals surface area contributed by atoms with Crippen LogP contribution in [0.15, 0.2) is 43.1 Å². The average molecular weight is 442 g/mol. The van der Waals surface area contributed by atoms with E-state index in [0.29, 0.717) is 0 Å². The maximum atomic E-state index is 4.51. The van der Waals surface area contributed by atoms with Crippen molar-refractivity contribution in [2.75, 3.05) is 0 Å². The number of hydrogen-bond donors (Lipinski definition) is 0. The Labute approximate surface area is 131 Å². The zero-order valence-corrected chi connectivity index (χ0v) is 13.6. The fourth-order valence-corrected chi connectivity index (χ4v) is 2.23. The predicted octanol–water partition coefficient (Wildman–Crippen LogP) is 2.74. The molecule has 0 saturated carbocycles. The number of aromatic nitrogens is 4. The van der Waals surface area contributed by atoms with Gasteiger partial charge in [-0.15, -0.1) is 0 Å². The van der Waals surface area contributed by atoms with E-state index in [1.807, 2.05) is 0 Å². The van der Waals surface area contributed by atoms with Crippen LogP contribution in [0.5, 0.6) is 0 Å². The average Bonchev–Trinajstić information content (AvgIpc) is 2.93. The van der Waals surface area contributed by atoms with Gasteiger partial charge >= 0.3 is 0 Å². The van der Waals surface area contributed by atoms with Gasteiger partial charge in [-0.25, -0.2) is 9.67 Å². The summed E-state index contributed by atoms with van der Waals surface area (Å²) in [6.45, 7) is 4.17. The Morgan fingerprint density at radius 3 is 2.55 bits per heavy atom. The summed E-state index contributed by atoms with van der Waals surface area (Å²) in [6, 6.07) is 11.2. The smallest absolute Gasteiger partial charge is 0.138 e. The molecule has 3 aromatic rings. The Balaban J connectivity index is 0.00000147. The van der Waals surface area contributed by atoms with E-state index in [-0.39, 0.29) is 20.1 Å². The van der Waals surface area contributed by atoms with Gasteiger partial charge in [0.2, 0.25) is 0 Å². The molecule has 5 heteroatoms. The van der Waals surface area contributed by atoms with Gasteiger partial charge < -0.3 is 4.98 Å². The molecule has 3 rings (SSSR count). The van der Waals surface area contributed by atoms with Crippen molar-refractivity contribution < 1.29 is 20.1 Å². The molecule has 0 spiro atoms. The van der Waals surface area contributed by atoms with Crippen molar-refractivity contribution in [3.8, 4) is 16.9 Å². The molecule has 0 saturated heterocycles. The number of benzene rings is 1. The molecule has 0 aliphatic heterocycles. The molecule has 0 amide bonds. The van der Waals surface area contributed by atoms with Crippen LogP contribution >= 0.6 is 0 Å². The largest absolute Gasteiger partial charge is 0.381 e. The van der Waals surface area contributed by atoms with Crippen molar-refractivity contribution in [2.45, 2.75) is 13.8 Å². The summed E-state index contributed by atoms with van der Waals surface area (Å²) in [6.07, 6.45) is 4.92. The van der Waals surface area contributed by atoms with Crippen LogP contribution < -0.4 is 0 Å². The van der Waals surface area contributed by atoms with E-state index in [1.54, 1.807) is 23.3 Å². The minimum atomic E-state index is 0. The molecule has 0 unspecified atom stereocenters. The summed E-state index contributed by atoms with van der Waals surface area (Å²) in [5.74, 6) is 0. The van der Waals surface area contributed by atoms with E-state index in [2.05, 4.69) is 53.2 Å². The third-order valence-corrected chi connectivity index (χ3v) is 3.09. The normalized spacial score (nSPS) is 10.1. The zero-order valence-electron chi connectivity index (χ0n) is 11.2. The van der Waals surface area contributed by atoms with Gasteiger partial charge in [0.15, 0.2) is 0 Å². The molecule has 2 heterocycles. The maximum absolute atomic E-state index is 4.51. The van der Waals surface area contributed by atoms with Gasteiger partial charge in [-0.3, -0.25) is 0 Å². The quantitative estimate of drug-likeness (QED) is 0.575. The molecule has 0 bridgehead atoms. The third kappa shape index (κ3) is 2.55. The zero-order chi connectivity index (χ0) is 13.2. The summed E-state index contributed by atoms with van der Waals surface area (Å²) in [5, 5.41) is 4.17. The van der Waals surface area contributed by atoms with Crippen LogP contribution in [0.25, 0.3) is 16.9 Å². The van der Waals surface area contributed by atoms with Crippen molar-refractivity contribution in [1.29, 1.82) is 0 Å². The molecule has 0 fully saturated rings. The number of hydrogen-bond acceptors (Lipinski definition) is 3. The topological polar surface area (TPSA) is 43.6 Å². The summed E-state index contributed by atoms with van der Waals surface area (Å²) in [5.41, 5.74) is 5.20. The Morgan fingerprint density at radius 2 is 1.90 bits per heavy atom. The summed E-state index contributed by atoms with van der Waals surface area (Å²) in [7, 11) is 0. The van der Waals surface area contributed by atoms with Crippen LogP contribution in [0.4, 0.5) is 0 Å². The van der Waals surface area contributed by atoms with Gasteiger partial charge in [-0.1, -0.05) is 35.5 Å². The van der Waals surface area contributed by atoms with E-state index < -0.39 is 0 Å². The maximum Gasteiger partial charge on any atom is 0.138 e. The van der Waals surface area contributed by atoms with Gasteiger partial charge in [-0.2, -0.15) is 17.2 Å². The van der Waals surface area contributed by atoms with Crippen molar-refractivity contribution in [3.05, 3.63) is 60.3 Å². The standard InChI is InChI=1S/C15H13N4.Ir/c1-11-5-3-6-12(2)14(11)15-13(7-4-8-17-15)19-10-16-9-18-19;/h3-6,8-10H,1-2H3;/q-1;. The van der Waals surface area contributed by atoms with E-state index in [1.165, 1.54) is 17.5 Å². The molecule has 0 atom stereocenters. The van der Waals surface area contributed by atoms with Gasteiger partial charge in [0, 0.05) is 20.1 Å². The molecule has 1 radical (unpaired) electrons. The number of aryl methyl sites for hydroxylation is 2. The van der Waals surface area contributed by atoms with Gasteiger partial charge in [0.1, 0.15) is 12.7 Å². The molecule has 2 aromatic heterocycles. The molecule has 0 aliphatic carbocycles. The number of nitrogens with zero attached hydrogens (tertiary/aromatic N) is 4. The van der Waals surface area contributed by atoms with Gasteiger partial charge in [-0.05, 0) is 30.8 Å². The first-order chi connectivity index (χ1) is 9.27. The first-order valence-corrected chi connectivity index (χ1v) is 6.05. The van der Waals surface area contributed by atoms with Crippen molar-refractivity contribution in [3.63, 3.8) is 0 Å². The predicted molar refractivity (Wildman–Crippen MR) is 72.9 cm³/mol. The first-order valence-electron chi connectivity index (χ1n) is 6.05. The second kappa shape index (κ2) is 6.07. The molecule has 0 N–H and O–H groups in total. The molecule has 0 aliphatic rings. The van der Waals surface area contributed by atoms with E-state index in [4.69, 9.17) is 0 Å². The van der Waals surface area contributed by atoms with Crippen molar-refractivity contribution in [1.82, 2.24) is 19.7 Å². The minimum Gasteiger partial charge on any atom is -0.381 e. The van der Waals surface area contributed by atoms with Crippen molar-refractivity contribution >= 4 is 0 Å². The summed E-state index contributed by atoms with van der Waals surface area (Å²) < 4.78 is 1.69. The van der Waals surface area contributed by atoms with Crippen LogP contribution in [0, 0.1) is 19.9 Å². The van der Waals surface area contributed by atoms with Crippen LogP contribution in [0.2, 0.25) is 0 Å². The second-order valence-electron chi connectivity index (χ2n) is 4.39. The third-order valence-electron chi connectivity index (χ3n) is 3.09. The van der Waals surface area contributed by atoms with E-state index >= 15 is 0 Å². The number of pyridine rings is 1. The fraction of sp³-hybridized carbons (Fsp3) is 0.133. The van der Waals surface area contributed by atoms with E-state index in [9.17, 15) is 0 Å². The summed E-state index contributed by atoms with van der Waals surface area (Å²) in [4.78, 5) is 8.49. The SMILES string of the molecule is Cc1cccc(C)c1-c1ncc[c-]c1-n1cncn1.[Ir]. The van der Waals surface area contributed by atoms with Gasteiger partial charge in [0.25, 0.3) is 0 Å². The number of rotatable bonds is 2. The molecule has 103 valence electrons. The minimum absolute atomic E-state index is 0. The Bertz CT molecular complexity index is 687. The molecule has 4 nitrogen and oxygen atoms in total. The second-order valence-corrected chi connectivity index (χ2v) is 4.39. The Hall–Kier alpha value is -1.84. The molecule has 20 heavy (non-hydrogen) atoms. The molecular weight excluding hydrogens is 428 g/mol.